The molecule has 1 aromatic carbocycles. The second-order valence-electron chi connectivity index (χ2n) is 5.61. The summed E-state index contributed by atoms with van der Waals surface area (Å²) in [4.78, 5) is 14.1. The standard InChI is InChI=1S/C17H25FN2O2/c1-2-22-13-17(21)19-12-16(20-10-4-3-5-11-20)14-6-8-15(18)9-7-14/h6-9,16H,2-5,10-13H2,1H3,(H,19,21). The van der Waals surface area contributed by atoms with Crippen LogP contribution in [0.15, 0.2) is 24.3 Å². The van der Waals surface area contributed by atoms with Crippen LogP contribution in [-0.2, 0) is 9.53 Å². The minimum absolute atomic E-state index is 0.0893. The zero-order valence-electron chi connectivity index (χ0n) is 13.2. The van der Waals surface area contributed by atoms with E-state index in [0.29, 0.717) is 13.2 Å². The maximum absolute atomic E-state index is 13.1. The van der Waals surface area contributed by atoms with Crippen molar-refractivity contribution in [3.8, 4) is 0 Å². The number of benzene rings is 1. The molecule has 0 saturated carbocycles. The van der Waals surface area contributed by atoms with Crippen LogP contribution >= 0.6 is 0 Å². The largest absolute Gasteiger partial charge is 0.372 e. The van der Waals surface area contributed by atoms with Gasteiger partial charge in [-0.2, -0.15) is 0 Å². The number of hydrogen-bond acceptors (Lipinski definition) is 3. The number of carbonyl (C=O) groups is 1. The van der Waals surface area contributed by atoms with Crippen LogP contribution in [0.1, 0.15) is 37.8 Å². The Labute approximate surface area is 131 Å². The van der Waals surface area contributed by atoms with E-state index in [4.69, 9.17) is 4.74 Å². The molecule has 0 radical (unpaired) electrons. The van der Waals surface area contributed by atoms with Gasteiger partial charge in [0, 0.05) is 13.2 Å². The maximum atomic E-state index is 13.1. The molecule has 1 heterocycles. The van der Waals surface area contributed by atoms with E-state index in [-0.39, 0.29) is 24.4 Å². The Bertz CT molecular complexity index is 458. The van der Waals surface area contributed by atoms with Crippen LogP contribution in [0.3, 0.4) is 0 Å². The van der Waals surface area contributed by atoms with Crippen LogP contribution in [0.4, 0.5) is 4.39 Å². The van der Waals surface area contributed by atoms with Gasteiger partial charge >= 0.3 is 0 Å². The normalized spacial score (nSPS) is 17.2. The van der Waals surface area contributed by atoms with Gasteiger partial charge in [-0.1, -0.05) is 18.6 Å². The summed E-state index contributed by atoms with van der Waals surface area (Å²) in [5, 5.41) is 2.93. The third-order valence-corrected chi connectivity index (χ3v) is 4.02. The third kappa shape index (κ3) is 5.07. The number of carbonyl (C=O) groups excluding carboxylic acids is 1. The lowest BCUT2D eigenvalue weighted by Gasteiger charge is -2.35. The average molecular weight is 308 g/mol. The summed E-state index contributed by atoms with van der Waals surface area (Å²) in [6.45, 7) is 5.04. The first kappa shape index (κ1) is 16.9. The predicted octanol–water partition coefficient (Wildman–Crippen LogP) is 2.51. The van der Waals surface area contributed by atoms with Gasteiger partial charge in [-0.15, -0.1) is 0 Å². The first-order chi connectivity index (χ1) is 10.7. The van der Waals surface area contributed by atoms with E-state index >= 15 is 0 Å². The molecule has 1 N–H and O–H groups in total. The minimum Gasteiger partial charge on any atom is -0.372 e. The van der Waals surface area contributed by atoms with Gasteiger partial charge in [-0.3, -0.25) is 9.69 Å². The average Bonchev–Trinajstić information content (AvgIpc) is 2.55. The highest BCUT2D eigenvalue weighted by Gasteiger charge is 2.22. The fourth-order valence-corrected chi connectivity index (χ4v) is 2.83. The van der Waals surface area contributed by atoms with Gasteiger partial charge in [0.05, 0.1) is 6.04 Å². The Morgan fingerprint density at radius 3 is 2.59 bits per heavy atom. The molecule has 0 spiro atoms. The lowest BCUT2D eigenvalue weighted by atomic mass is 10.0. The number of likely N-dealkylation sites (tertiary alicyclic amines) is 1. The number of nitrogens with one attached hydrogen (secondary N) is 1. The second kappa shape index (κ2) is 8.86. The number of nitrogens with zero attached hydrogens (tertiary/aromatic N) is 1. The van der Waals surface area contributed by atoms with E-state index in [2.05, 4.69) is 10.2 Å². The van der Waals surface area contributed by atoms with Crippen molar-refractivity contribution >= 4 is 5.91 Å². The zero-order chi connectivity index (χ0) is 15.8. The molecule has 1 atom stereocenters. The van der Waals surface area contributed by atoms with Gasteiger partial charge in [0.15, 0.2) is 0 Å². The molecule has 1 amide bonds. The summed E-state index contributed by atoms with van der Waals surface area (Å²) in [7, 11) is 0. The van der Waals surface area contributed by atoms with Crippen molar-refractivity contribution in [3.05, 3.63) is 35.6 Å². The molecule has 5 heteroatoms. The van der Waals surface area contributed by atoms with E-state index < -0.39 is 0 Å². The lowest BCUT2D eigenvalue weighted by molar-refractivity contribution is -0.125. The highest BCUT2D eigenvalue weighted by atomic mass is 19.1. The van der Waals surface area contributed by atoms with Crippen molar-refractivity contribution in [2.24, 2.45) is 0 Å². The van der Waals surface area contributed by atoms with Crippen molar-refractivity contribution < 1.29 is 13.9 Å². The van der Waals surface area contributed by atoms with E-state index in [1.165, 1.54) is 31.4 Å². The van der Waals surface area contributed by atoms with Gasteiger partial charge in [0.25, 0.3) is 0 Å². The molecule has 1 unspecified atom stereocenters. The quantitative estimate of drug-likeness (QED) is 0.841. The SMILES string of the molecule is CCOCC(=O)NCC(c1ccc(F)cc1)N1CCCCC1. The molecule has 1 aliphatic heterocycles. The molecule has 22 heavy (non-hydrogen) atoms. The summed E-state index contributed by atoms with van der Waals surface area (Å²) in [5.41, 5.74) is 1.04. The topological polar surface area (TPSA) is 41.6 Å². The van der Waals surface area contributed by atoms with Gasteiger partial charge in [-0.25, -0.2) is 4.39 Å². The van der Waals surface area contributed by atoms with E-state index in [9.17, 15) is 9.18 Å². The molecule has 1 aliphatic rings. The molecule has 1 aromatic rings. The van der Waals surface area contributed by atoms with Crippen LogP contribution < -0.4 is 5.32 Å². The highest BCUT2D eigenvalue weighted by Crippen LogP contribution is 2.24. The fourth-order valence-electron chi connectivity index (χ4n) is 2.83. The van der Waals surface area contributed by atoms with Crippen LogP contribution in [0.25, 0.3) is 0 Å². The van der Waals surface area contributed by atoms with Gasteiger partial charge in [-0.05, 0) is 50.6 Å². The van der Waals surface area contributed by atoms with Gasteiger partial charge in [0.2, 0.25) is 5.91 Å². The molecule has 0 aliphatic carbocycles. The lowest BCUT2D eigenvalue weighted by Crippen LogP contribution is -2.41. The third-order valence-electron chi connectivity index (χ3n) is 4.02. The molecule has 4 nitrogen and oxygen atoms in total. The Balaban J connectivity index is 2.01. The predicted molar refractivity (Wildman–Crippen MR) is 84.1 cm³/mol. The fraction of sp³-hybridized carbons (Fsp3) is 0.588. The molecule has 0 aromatic heterocycles. The first-order valence-corrected chi connectivity index (χ1v) is 8.04. The summed E-state index contributed by atoms with van der Waals surface area (Å²) in [6.07, 6.45) is 3.60. The molecule has 1 fully saturated rings. The Kier molecular flexibility index (Phi) is 6.80. The monoisotopic (exact) mass is 308 g/mol. The van der Waals surface area contributed by atoms with Crippen LogP contribution in [0.2, 0.25) is 0 Å². The number of rotatable bonds is 7. The zero-order valence-corrected chi connectivity index (χ0v) is 13.2. The molecule has 0 bridgehead atoms. The van der Waals surface area contributed by atoms with E-state index in [1.807, 2.05) is 19.1 Å². The molecular formula is C17H25FN2O2. The first-order valence-electron chi connectivity index (χ1n) is 8.04. The Hall–Kier alpha value is -1.46. The summed E-state index contributed by atoms with van der Waals surface area (Å²) in [5.74, 6) is -0.340. The number of halogens is 1. The number of hydrogen-bond donors (Lipinski definition) is 1. The Morgan fingerprint density at radius 2 is 1.95 bits per heavy atom. The molecule has 1 saturated heterocycles. The Morgan fingerprint density at radius 1 is 1.27 bits per heavy atom. The number of amides is 1. The van der Waals surface area contributed by atoms with Crippen LogP contribution in [-0.4, -0.2) is 43.7 Å². The molecule has 122 valence electrons. The number of ether oxygens (including phenoxy) is 1. The second-order valence-corrected chi connectivity index (χ2v) is 5.61. The van der Waals surface area contributed by atoms with Crippen molar-refractivity contribution in [1.82, 2.24) is 10.2 Å². The number of piperidine rings is 1. The van der Waals surface area contributed by atoms with Gasteiger partial charge < -0.3 is 10.1 Å². The van der Waals surface area contributed by atoms with Gasteiger partial charge in [0.1, 0.15) is 12.4 Å². The minimum atomic E-state index is -0.235. The van der Waals surface area contributed by atoms with E-state index in [1.54, 1.807) is 0 Å². The smallest absolute Gasteiger partial charge is 0.246 e. The summed E-state index contributed by atoms with van der Waals surface area (Å²) >= 11 is 0. The van der Waals surface area contributed by atoms with Crippen molar-refractivity contribution in [2.75, 3.05) is 32.8 Å². The highest BCUT2D eigenvalue weighted by molar-refractivity contribution is 5.77. The summed E-state index contributed by atoms with van der Waals surface area (Å²) in [6, 6.07) is 6.67. The van der Waals surface area contributed by atoms with Crippen molar-refractivity contribution in [1.29, 1.82) is 0 Å². The van der Waals surface area contributed by atoms with Crippen molar-refractivity contribution in [3.63, 3.8) is 0 Å². The van der Waals surface area contributed by atoms with Crippen LogP contribution in [0.5, 0.6) is 0 Å². The molecular weight excluding hydrogens is 283 g/mol. The molecule has 2 rings (SSSR count). The van der Waals surface area contributed by atoms with Crippen LogP contribution in [0, 0.1) is 5.82 Å². The maximum Gasteiger partial charge on any atom is 0.246 e. The summed E-state index contributed by atoms with van der Waals surface area (Å²) < 4.78 is 18.3. The van der Waals surface area contributed by atoms with Crippen molar-refractivity contribution in [2.45, 2.75) is 32.2 Å². The van der Waals surface area contributed by atoms with E-state index in [0.717, 1.165) is 18.7 Å².